The van der Waals surface area contributed by atoms with Gasteiger partial charge in [-0.05, 0) is 42.8 Å². The molecule has 2 heterocycles. The first-order chi connectivity index (χ1) is 8.28. The van der Waals surface area contributed by atoms with Crippen molar-refractivity contribution in [1.82, 2.24) is 4.98 Å². The van der Waals surface area contributed by atoms with Gasteiger partial charge in [0.25, 0.3) is 6.47 Å². The normalized spacial score (nSPS) is 10.6. The molecule has 4 heteroatoms. The fourth-order valence-corrected chi connectivity index (χ4v) is 2.11. The molecule has 0 radical (unpaired) electrons. The number of ether oxygens (including phenoxy) is 1. The first kappa shape index (κ1) is 11.5. The second-order valence-corrected chi connectivity index (χ2v) is 4.51. The van der Waals surface area contributed by atoms with Crippen molar-refractivity contribution in [2.45, 2.75) is 6.92 Å². The summed E-state index contributed by atoms with van der Waals surface area (Å²) in [5.74, 6) is 0. The van der Waals surface area contributed by atoms with Gasteiger partial charge < -0.3 is 4.74 Å². The molecule has 86 valence electrons. The van der Waals surface area contributed by atoms with Crippen LogP contribution in [-0.4, -0.2) is 11.5 Å². The maximum absolute atomic E-state index is 10.2. The topological polar surface area (TPSA) is 39.2 Å². The highest BCUT2D eigenvalue weighted by atomic mass is 32.1. The highest BCUT2D eigenvalue weighted by Crippen LogP contribution is 2.25. The van der Waals surface area contributed by atoms with Crippen molar-refractivity contribution in [3.05, 3.63) is 46.6 Å². The highest BCUT2D eigenvalue weighted by molar-refractivity contribution is 7.14. The number of aryl methyl sites for hydroxylation is 1. The number of hydrogen-bond acceptors (Lipinski definition) is 4. The van der Waals surface area contributed by atoms with Crippen molar-refractivity contribution in [1.29, 1.82) is 0 Å². The second-order valence-electron chi connectivity index (χ2n) is 3.43. The van der Waals surface area contributed by atoms with Crippen LogP contribution in [0.1, 0.15) is 16.1 Å². The molecule has 0 aromatic carbocycles. The zero-order valence-corrected chi connectivity index (χ0v) is 10.1. The Kier molecular flexibility index (Phi) is 3.67. The molecule has 2 aromatic rings. The predicted octanol–water partition coefficient (Wildman–Crippen LogP) is 3.16. The number of pyridine rings is 1. The van der Waals surface area contributed by atoms with E-state index in [0.29, 0.717) is 11.5 Å². The molecule has 0 unspecified atom stereocenters. The molecule has 0 aliphatic heterocycles. The van der Waals surface area contributed by atoms with Crippen LogP contribution in [0, 0.1) is 6.92 Å². The molecule has 0 saturated heterocycles. The minimum absolute atomic E-state index is 0.436. The highest BCUT2D eigenvalue weighted by Gasteiger charge is 1.97. The van der Waals surface area contributed by atoms with E-state index in [9.17, 15) is 4.79 Å². The maximum atomic E-state index is 10.2. The van der Waals surface area contributed by atoms with Crippen molar-refractivity contribution < 1.29 is 9.53 Å². The SMILES string of the molecule is Cc1cc(C=Cc2ccc(OC=O)s2)ccn1. The smallest absolute Gasteiger partial charge is 0.299 e. The van der Waals surface area contributed by atoms with Crippen molar-refractivity contribution in [3.8, 4) is 5.06 Å². The van der Waals surface area contributed by atoms with E-state index in [1.54, 1.807) is 12.3 Å². The zero-order valence-electron chi connectivity index (χ0n) is 9.29. The predicted molar refractivity (Wildman–Crippen MR) is 68.9 cm³/mol. The molecule has 3 nitrogen and oxygen atoms in total. The monoisotopic (exact) mass is 245 g/mol. The third-order valence-electron chi connectivity index (χ3n) is 2.13. The van der Waals surface area contributed by atoms with E-state index in [2.05, 4.69) is 4.98 Å². The third kappa shape index (κ3) is 3.26. The van der Waals surface area contributed by atoms with Gasteiger partial charge in [-0.25, -0.2) is 0 Å². The van der Waals surface area contributed by atoms with Crippen LogP contribution >= 0.6 is 11.3 Å². The van der Waals surface area contributed by atoms with Crippen LogP contribution < -0.4 is 4.74 Å². The van der Waals surface area contributed by atoms with Gasteiger partial charge in [0.2, 0.25) is 0 Å². The molecule has 0 N–H and O–H groups in total. The summed E-state index contributed by atoms with van der Waals surface area (Å²) in [6, 6.07) is 7.64. The van der Waals surface area contributed by atoms with Crippen LogP contribution in [0.2, 0.25) is 0 Å². The summed E-state index contributed by atoms with van der Waals surface area (Å²) in [6.45, 7) is 2.39. The van der Waals surface area contributed by atoms with Crippen molar-refractivity contribution in [2.24, 2.45) is 0 Å². The molecule has 2 aromatic heterocycles. The largest absolute Gasteiger partial charge is 0.418 e. The van der Waals surface area contributed by atoms with Crippen molar-refractivity contribution >= 4 is 30.0 Å². The third-order valence-corrected chi connectivity index (χ3v) is 3.07. The number of aromatic nitrogens is 1. The Labute approximate surface area is 103 Å². The minimum atomic E-state index is 0.436. The fraction of sp³-hybridized carbons (Fsp3) is 0.0769. The number of carbonyl (C=O) groups excluding carboxylic acids is 1. The quantitative estimate of drug-likeness (QED) is 0.777. The average Bonchev–Trinajstić information content (AvgIpc) is 2.75. The Morgan fingerprint density at radius 2 is 2.18 bits per heavy atom. The number of nitrogens with zero attached hydrogens (tertiary/aromatic N) is 1. The van der Waals surface area contributed by atoms with E-state index < -0.39 is 0 Å². The molecule has 0 atom stereocenters. The summed E-state index contributed by atoms with van der Waals surface area (Å²) in [5, 5.41) is 0.602. The first-order valence-corrected chi connectivity index (χ1v) is 5.90. The molecule has 0 saturated carbocycles. The summed E-state index contributed by atoms with van der Waals surface area (Å²) in [7, 11) is 0. The van der Waals surface area contributed by atoms with Crippen LogP contribution in [0.25, 0.3) is 12.2 Å². The Morgan fingerprint density at radius 3 is 2.94 bits per heavy atom. The van der Waals surface area contributed by atoms with Crippen LogP contribution in [0.15, 0.2) is 30.5 Å². The maximum Gasteiger partial charge on any atom is 0.299 e. The van der Waals surface area contributed by atoms with E-state index >= 15 is 0 Å². The Hall–Kier alpha value is -1.94. The molecule has 0 aliphatic rings. The number of carbonyl (C=O) groups is 1. The lowest BCUT2D eigenvalue weighted by molar-refractivity contribution is -0.120. The molecular formula is C13H11NO2S. The minimum Gasteiger partial charge on any atom is -0.418 e. The van der Waals surface area contributed by atoms with Gasteiger partial charge in [0.1, 0.15) is 0 Å². The standard InChI is InChI=1S/C13H11NO2S/c1-10-8-11(6-7-14-10)2-3-12-4-5-13(17-12)16-9-15/h2-9H,1H3. The lowest BCUT2D eigenvalue weighted by Gasteiger charge is -1.94. The van der Waals surface area contributed by atoms with Gasteiger partial charge in [-0.3, -0.25) is 9.78 Å². The lowest BCUT2D eigenvalue weighted by Crippen LogP contribution is -1.82. The van der Waals surface area contributed by atoms with Crippen LogP contribution in [0.5, 0.6) is 5.06 Å². The molecule has 2 rings (SSSR count). The Bertz CT molecular complexity index is 546. The summed E-state index contributed by atoms with van der Waals surface area (Å²) in [5.41, 5.74) is 2.09. The zero-order chi connectivity index (χ0) is 12.1. The molecule has 0 aliphatic carbocycles. The van der Waals surface area contributed by atoms with Gasteiger partial charge in [-0.15, -0.1) is 0 Å². The van der Waals surface area contributed by atoms with E-state index in [0.717, 1.165) is 16.1 Å². The summed E-state index contributed by atoms with van der Waals surface area (Å²) >= 11 is 1.42. The van der Waals surface area contributed by atoms with E-state index in [1.165, 1.54) is 11.3 Å². The molecule has 0 bridgehead atoms. The van der Waals surface area contributed by atoms with E-state index in [4.69, 9.17) is 4.74 Å². The van der Waals surface area contributed by atoms with Crippen LogP contribution in [-0.2, 0) is 4.79 Å². The van der Waals surface area contributed by atoms with Gasteiger partial charge in [0, 0.05) is 16.8 Å². The van der Waals surface area contributed by atoms with Crippen LogP contribution in [0.4, 0.5) is 0 Å². The second kappa shape index (κ2) is 5.41. The van der Waals surface area contributed by atoms with E-state index in [-0.39, 0.29) is 0 Å². The number of hydrogen-bond donors (Lipinski definition) is 0. The molecule has 17 heavy (non-hydrogen) atoms. The first-order valence-electron chi connectivity index (χ1n) is 5.09. The molecular weight excluding hydrogens is 234 g/mol. The Morgan fingerprint density at radius 1 is 1.29 bits per heavy atom. The van der Waals surface area contributed by atoms with E-state index in [1.807, 2.05) is 37.3 Å². The fourth-order valence-electron chi connectivity index (χ4n) is 1.38. The molecule has 0 amide bonds. The van der Waals surface area contributed by atoms with Gasteiger partial charge in [-0.1, -0.05) is 17.4 Å². The lowest BCUT2D eigenvalue weighted by atomic mass is 10.2. The summed E-state index contributed by atoms with van der Waals surface area (Å²) in [6.07, 6.45) is 5.77. The number of thiophene rings is 1. The van der Waals surface area contributed by atoms with Gasteiger partial charge in [-0.2, -0.15) is 0 Å². The summed E-state index contributed by atoms with van der Waals surface area (Å²) in [4.78, 5) is 15.3. The molecule has 0 spiro atoms. The van der Waals surface area contributed by atoms with Gasteiger partial charge >= 0.3 is 0 Å². The van der Waals surface area contributed by atoms with Crippen LogP contribution in [0.3, 0.4) is 0 Å². The number of rotatable bonds is 4. The van der Waals surface area contributed by atoms with Gasteiger partial charge in [0.05, 0.1) is 0 Å². The average molecular weight is 245 g/mol. The van der Waals surface area contributed by atoms with Gasteiger partial charge in [0.15, 0.2) is 5.06 Å². The molecule has 0 fully saturated rings. The van der Waals surface area contributed by atoms with Crippen molar-refractivity contribution in [3.63, 3.8) is 0 Å². The Balaban J connectivity index is 2.11. The van der Waals surface area contributed by atoms with Crippen molar-refractivity contribution in [2.75, 3.05) is 0 Å². The summed E-state index contributed by atoms with van der Waals surface area (Å²) < 4.78 is 4.75.